The van der Waals surface area contributed by atoms with Crippen LogP contribution < -0.4 is 5.32 Å². The fraction of sp³-hybridized carbons (Fsp3) is 0.300. The van der Waals surface area contributed by atoms with Gasteiger partial charge in [-0.25, -0.2) is 8.78 Å². The molecule has 1 aliphatic heterocycles. The molecular weight excluding hydrogens is 352 g/mol. The van der Waals surface area contributed by atoms with Crippen LogP contribution in [0.4, 0.5) is 8.78 Å². The molecule has 1 saturated heterocycles. The van der Waals surface area contributed by atoms with Crippen molar-refractivity contribution < 1.29 is 18.4 Å². The number of benzene rings is 2. The number of nitrogens with zero attached hydrogens (tertiary/aromatic N) is 2. The van der Waals surface area contributed by atoms with Gasteiger partial charge in [-0.3, -0.25) is 9.59 Å². The molecule has 0 aromatic heterocycles. The third-order valence-electron chi connectivity index (χ3n) is 4.44. The van der Waals surface area contributed by atoms with E-state index < -0.39 is 11.7 Å². The van der Waals surface area contributed by atoms with Gasteiger partial charge in [-0.15, -0.1) is 0 Å². The minimum absolute atomic E-state index is 0.118. The molecule has 1 aliphatic rings. The van der Waals surface area contributed by atoms with E-state index >= 15 is 0 Å². The van der Waals surface area contributed by atoms with Gasteiger partial charge in [0.05, 0.1) is 0 Å². The lowest BCUT2D eigenvalue weighted by Crippen LogP contribution is -2.50. The van der Waals surface area contributed by atoms with Crippen molar-refractivity contribution in [3.05, 3.63) is 71.3 Å². The lowest BCUT2D eigenvalue weighted by Gasteiger charge is -2.30. The summed E-state index contributed by atoms with van der Waals surface area (Å²) in [7, 11) is 0. The maximum atomic E-state index is 13.5. The summed E-state index contributed by atoms with van der Waals surface area (Å²) in [6.07, 6.45) is 0. The number of carbonyl (C=O) groups is 2. The van der Waals surface area contributed by atoms with Crippen molar-refractivity contribution >= 4 is 11.8 Å². The summed E-state index contributed by atoms with van der Waals surface area (Å²) in [6.45, 7) is 2.60. The third kappa shape index (κ3) is 5.10. The molecule has 0 atom stereocenters. The summed E-state index contributed by atoms with van der Waals surface area (Å²) >= 11 is 0. The molecule has 1 fully saturated rings. The lowest BCUT2D eigenvalue weighted by molar-refractivity contribution is -0.132. The van der Waals surface area contributed by atoms with Crippen molar-refractivity contribution in [1.82, 2.24) is 15.1 Å². The van der Waals surface area contributed by atoms with Crippen LogP contribution in [0.25, 0.3) is 0 Å². The first-order chi connectivity index (χ1) is 13.0. The molecule has 1 N–H and O–H groups in total. The number of nitrogens with one attached hydrogen (secondary N) is 1. The Bertz CT molecular complexity index is 805. The lowest BCUT2D eigenvalue weighted by atomic mass is 10.1. The van der Waals surface area contributed by atoms with Gasteiger partial charge < -0.3 is 15.1 Å². The van der Waals surface area contributed by atoms with Crippen molar-refractivity contribution in [2.75, 3.05) is 32.7 Å². The van der Waals surface area contributed by atoms with E-state index in [0.717, 1.165) is 6.07 Å². The maximum Gasteiger partial charge on any atom is 0.254 e. The summed E-state index contributed by atoms with van der Waals surface area (Å²) in [5.41, 5.74) is 0.861. The van der Waals surface area contributed by atoms with Crippen LogP contribution in [0.1, 0.15) is 15.9 Å². The van der Waals surface area contributed by atoms with Gasteiger partial charge >= 0.3 is 0 Å². The zero-order valence-electron chi connectivity index (χ0n) is 14.8. The van der Waals surface area contributed by atoms with E-state index in [1.165, 1.54) is 35.2 Å². The highest BCUT2D eigenvalue weighted by atomic mass is 19.1. The van der Waals surface area contributed by atoms with Crippen LogP contribution in [-0.2, 0) is 11.3 Å². The van der Waals surface area contributed by atoms with Crippen molar-refractivity contribution in [3.63, 3.8) is 0 Å². The third-order valence-corrected chi connectivity index (χ3v) is 4.44. The van der Waals surface area contributed by atoms with Crippen LogP contribution >= 0.6 is 0 Å². The van der Waals surface area contributed by atoms with Gasteiger partial charge in [-0.1, -0.05) is 18.2 Å². The normalized spacial score (nSPS) is 14.1. The highest BCUT2D eigenvalue weighted by Gasteiger charge is 2.23. The second-order valence-electron chi connectivity index (χ2n) is 6.43. The topological polar surface area (TPSA) is 52.7 Å². The monoisotopic (exact) mass is 373 g/mol. The minimum Gasteiger partial charge on any atom is -0.339 e. The van der Waals surface area contributed by atoms with Crippen LogP contribution in [0.3, 0.4) is 0 Å². The molecule has 1 heterocycles. The van der Waals surface area contributed by atoms with Gasteiger partial charge in [0, 0.05) is 38.3 Å². The smallest absolute Gasteiger partial charge is 0.254 e. The second-order valence-corrected chi connectivity index (χ2v) is 6.43. The summed E-state index contributed by atoms with van der Waals surface area (Å²) in [5.74, 6) is -1.50. The average molecular weight is 373 g/mol. The SMILES string of the molecule is O=C(CN(Cc1ccc(F)cc1)C(=O)c1cccc(F)c1)N1CCNCC1. The first-order valence-electron chi connectivity index (χ1n) is 8.81. The fourth-order valence-corrected chi connectivity index (χ4v) is 2.99. The Kier molecular flexibility index (Phi) is 6.13. The van der Waals surface area contributed by atoms with Crippen LogP contribution in [0.5, 0.6) is 0 Å². The molecule has 142 valence electrons. The van der Waals surface area contributed by atoms with Crippen LogP contribution in [0.2, 0.25) is 0 Å². The molecule has 0 radical (unpaired) electrons. The van der Waals surface area contributed by atoms with E-state index in [0.29, 0.717) is 31.7 Å². The Balaban J connectivity index is 1.79. The van der Waals surface area contributed by atoms with Crippen molar-refractivity contribution in [2.45, 2.75) is 6.54 Å². The number of piperazine rings is 1. The first kappa shape index (κ1) is 19.0. The van der Waals surface area contributed by atoms with Gasteiger partial charge in [0.25, 0.3) is 5.91 Å². The van der Waals surface area contributed by atoms with Crippen LogP contribution in [0, 0.1) is 11.6 Å². The summed E-state index contributed by atoms with van der Waals surface area (Å²) in [6, 6.07) is 11.1. The molecule has 2 aromatic carbocycles. The molecule has 2 amide bonds. The molecule has 0 unspecified atom stereocenters. The van der Waals surface area contributed by atoms with Gasteiger partial charge in [0.2, 0.25) is 5.91 Å². The van der Waals surface area contributed by atoms with E-state index in [-0.39, 0.29) is 30.4 Å². The molecule has 3 rings (SSSR count). The maximum absolute atomic E-state index is 13.5. The zero-order valence-corrected chi connectivity index (χ0v) is 14.8. The van der Waals surface area contributed by atoms with Crippen LogP contribution in [-0.4, -0.2) is 54.3 Å². The van der Waals surface area contributed by atoms with Gasteiger partial charge in [-0.05, 0) is 35.9 Å². The number of hydrogen-bond donors (Lipinski definition) is 1. The van der Waals surface area contributed by atoms with E-state index in [9.17, 15) is 18.4 Å². The molecular formula is C20H21F2N3O2. The summed E-state index contributed by atoms with van der Waals surface area (Å²) in [5, 5.41) is 3.17. The van der Waals surface area contributed by atoms with Crippen molar-refractivity contribution in [1.29, 1.82) is 0 Å². The molecule has 0 bridgehead atoms. The Morgan fingerprint density at radius 3 is 2.37 bits per heavy atom. The number of rotatable bonds is 5. The minimum atomic E-state index is -0.518. The van der Waals surface area contributed by atoms with Gasteiger partial charge in [0.15, 0.2) is 0 Å². The van der Waals surface area contributed by atoms with Crippen molar-refractivity contribution in [3.8, 4) is 0 Å². The number of carbonyl (C=O) groups excluding carboxylic acids is 2. The molecule has 0 saturated carbocycles. The van der Waals surface area contributed by atoms with E-state index in [2.05, 4.69) is 5.32 Å². The van der Waals surface area contributed by atoms with E-state index in [1.54, 1.807) is 17.0 Å². The average Bonchev–Trinajstić information content (AvgIpc) is 2.69. The number of amides is 2. The summed E-state index contributed by atoms with van der Waals surface area (Å²) in [4.78, 5) is 28.6. The Morgan fingerprint density at radius 2 is 1.70 bits per heavy atom. The molecule has 7 heteroatoms. The van der Waals surface area contributed by atoms with E-state index in [4.69, 9.17) is 0 Å². The summed E-state index contributed by atoms with van der Waals surface area (Å²) < 4.78 is 26.7. The van der Waals surface area contributed by atoms with Crippen LogP contribution in [0.15, 0.2) is 48.5 Å². The molecule has 0 aliphatic carbocycles. The molecule has 5 nitrogen and oxygen atoms in total. The Hall–Kier alpha value is -2.80. The number of halogens is 2. The largest absolute Gasteiger partial charge is 0.339 e. The number of hydrogen-bond acceptors (Lipinski definition) is 3. The van der Waals surface area contributed by atoms with E-state index in [1.807, 2.05) is 0 Å². The first-order valence-corrected chi connectivity index (χ1v) is 8.81. The highest BCUT2D eigenvalue weighted by Crippen LogP contribution is 2.13. The molecule has 2 aromatic rings. The standard InChI is InChI=1S/C20H21F2N3O2/c21-17-6-4-15(5-7-17)13-25(14-19(26)24-10-8-23-9-11-24)20(27)16-2-1-3-18(22)12-16/h1-7,12,23H,8-11,13-14H2. The van der Waals surface area contributed by atoms with Gasteiger partial charge in [-0.2, -0.15) is 0 Å². The quantitative estimate of drug-likeness (QED) is 0.873. The van der Waals surface area contributed by atoms with Gasteiger partial charge in [0.1, 0.15) is 18.2 Å². The second kappa shape index (κ2) is 8.73. The zero-order chi connectivity index (χ0) is 19.2. The predicted octanol–water partition coefficient (Wildman–Crippen LogP) is 2.04. The predicted molar refractivity (Wildman–Crippen MR) is 97.0 cm³/mol. The van der Waals surface area contributed by atoms with Crippen molar-refractivity contribution in [2.24, 2.45) is 0 Å². The highest BCUT2D eigenvalue weighted by molar-refractivity contribution is 5.96. The Labute approximate surface area is 156 Å². The fourth-order valence-electron chi connectivity index (χ4n) is 2.99. The molecule has 27 heavy (non-hydrogen) atoms. The molecule has 0 spiro atoms. The Morgan fingerprint density at radius 1 is 1.00 bits per heavy atom.